The lowest BCUT2D eigenvalue weighted by Gasteiger charge is -2.13. The molecule has 0 aromatic rings. The lowest BCUT2D eigenvalue weighted by atomic mass is 10.0. The zero-order valence-electron chi connectivity index (χ0n) is 20.3. The SMILES string of the molecule is CCC(=O)[O-].CCCCCCCCCCC(CCCCCCCCCC)[NH2+]OC. The maximum atomic E-state index is 9.26. The van der Waals surface area contributed by atoms with Crippen molar-refractivity contribution in [2.75, 3.05) is 7.11 Å². The molecule has 0 atom stereocenters. The van der Waals surface area contributed by atoms with Crippen molar-refractivity contribution >= 4 is 5.97 Å². The molecular weight excluding hydrogens is 362 g/mol. The Labute approximate surface area is 182 Å². The van der Waals surface area contributed by atoms with Crippen molar-refractivity contribution in [1.29, 1.82) is 0 Å². The number of carboxylic acids is 1. The lowest BCUT2D eigenvalue weighted by molar-refractivity contribution is -0.913. The van der Waals surface area contributed by atoms with Crippen molar-refractivity contribution in [3.8, 4) is 0 Å². The summed E-state index contributed by atoms with van der Waals surface area (Å²) in [6.45, 7) is 6.12. The Kier molecular flexibility index (Phi) is 28.9. The second kappa shape index (κ2) is 27.4. The third-order valence-corrected chi connectivity index (χ3v) is 5.47. The number of hydroxylamine groups is 1. The van der Waals surface area contributed by atoms with Crippen molar-refractivity contribution < 1.29 is 20.2 Å². The molecule has 0 unspecified atom stereocenters. The van der Waals surface area contributed by atoms with Crippen LogP contribution in [0.25, 0.3) is 0 Å². The monoisotopic (exact) mass is 415 g/mol. The summed E-state index contributed by atoms with van der Waals surface area (Å²) in [5, 5.41) is 9.26. The summed E-state index contributed by atoms with van der Waals surface area (Å²) in [7, 11) is 1.81. The Hall–Kier alpha value is -0.610. The van der Waals surface area contributed by atoms with Crippen molar-refractivity contribution in [3.05, 3.63) is 0 Å². The van der Waals surface area contributed by atoms with Crippen LogP contribution in [0.4, 0.5) is 0 Å². The maximum Gasteiger partial charge on any atom is 0.115 e. The molecule has 0 aromatic carbocycles. The molecule has 0 rings (SSSR count). The largest absolute Gasteiger partial charge is 0.550 e. The molecule has 4 heteroatoms. The van der Waals surface area contributed by atoms with Gasteiger partial charge in [0.2, 0.25) is 0 Å². The molecule has 176 valence electrons. The highest BCUT2D eigenvalue weighted by Crippen LogP contribution is 2.13. The number of nitrogens with two attached hydrogens (primary N) is 1. The van der Waals surface area contributed by atoms with Gasteiger partial charge < -0.3 is 9.90 Å². The average molecular weight is 416 g/mol. The Morgan fingerprint density at radius 1 is 0.690 bits per heavy atom. The van der Waals surface area contributed by atoms with E-state index in [0.717, 1.165) is 0 Å². The van der Waals surface area contributed by atoms with E-state index in [1.807, 2.05) is 7.11 Å². The van der Waals surface area contributed by atoms with E-state index in [0.29, 0.717) is 6.04 Å². The van der Waals surface area contributed by atoms with Gasteiger partial charge in [0.05, 0.1) is 7.11 Å². The van der Waals surface area contributed by atoms with Crippen molar-refractivity contribution in [1.82, 2.24) is 0 Å². The van der Waals surface area contributed by atoms with Gasteiger partial charge in [-0.3, -0.25) is 0 Å². The zero-order valence-corrected chi connectivity index (χ0v) is 20.3. The van der Waals surface area contributed by atoms with Crippen LogP contribution in [0.15, 0.2) is 0 Å². The Morgan fingerprint density at radius 3 is 1.28 bits per heavy atom. The van der Waals surface area contributed by atoms with Crippen LogP contribution >= 0.6 is 0 Å². The third kappa shape index (κ3) is 29.7. The molecule has 0 saturated heterocycles. The molecule has 0 aliphatic heterocycles. The number of carbonyl (C=O) groups is 1. The van der Waals surface area contributed by atoms with E-state index in [9.17, 15) is 9.90 Å². The zero-order chi connectivity index (χ0) is 22.0. The summed E-state index contributed by atoms with van der Waals surface area (Å²) in [4.78, 5) is 14.6. The predicted molar refractivity (Wildman–Crippen MR) is 122 cm³/mol. The predicted octanol–water partition coefficient (Wildman–Crippen LogP) is 5.69. The van der Waals surface area contributed by atoms with Crippen LogP contribution in [-0.2, 0) is 9.63 Å². The number of hydrogen-bond donors (Lipinski definition) is 1. The quantitative estimate of drug-likeness (QED) is 0.193. The van der Waals surface area contributed by atoms with Gasteiger partial charge in [-0.15, -0.1) is 0 Å². The topological polar surface area (TPSA) is 66.0 Å². The summed E-state index contributed by atoms with van der Waals surface area (Å²) in [6, 6.07) is 0.690. The van der Waals surface area contributed by atoms with Crippen LogP contribution in [0.3, 0.4) is 0 Å². The molecule has 29 heavy (non-hydrogen) atoms. The number of quaternary nitrogens is 1. The fraction of sp³-hybridized carbons (Fsp3) is 0.960. The van der Waals surface area contributed by atoms with Gasteiger partial charge >= 0.3 is 0 Å². The minimum absolute atomic E-state index is 0.111. The van der Waals surface area contributed by atoms with Crippen molar-refractivity contribution in [2.24, 2.45) is 0 Å². The van der Waals surface area contributed by atoms with Gasteiger partial charge in [0.25, 0.3) is 0 Å². The Bertz CT molecular complexity index is 290. The number of carboxylic acid groups (broad SMARTS) is 1. The van der Waals surface area contributed by atoms with Crippen LogP contribution in [0.5, 0.6) is 0 Å². The normalized spacial score (nSPS) is 10.8. The fourth-order valence-corrected chi connectivity index (χ4v) is 3.55. The molecule has 0 amide bonds. The van der Waals surface area contributed by atoms with Crippen LogP contribution in [0.2, 0.25) is 0 Å². The first kappa shape index (κ1) is 30.6. The molecule has 0 radical (unpaired) electrons. The summed E-state index contributed by atoms with van der Waals surface area (Å²) < 4.78 is 0. The fourth-order valence-electron chi connectivity index (χ4n) is 3.55. The van der Waals surface area contributed by atoms with Gasteiger partial charge in [0.1, 0.15) is 6.04 Å². The van der Waals surface area contributed by atoms with E-state index in [1.165, 1.54) is 122 Å². The summed E-state index contributed by atoms with van der Waals surface area (Å²) in [5.74, 6) is -0.995. The van der Waals surface area contributed by atoms with Crippen molar-refractivity contribution in [3.63, 3.8) is 0 Å². The number of rotatable bonds is 21. The van der Waals surface area contributed by atoms with Crippen LogP contribution in [0, 0.1) is 0 Å². The Morgan fingerprint density at radius 2 is 1.00 bits per heavy atom. The molecule has 2 N–H and O–H groups in total. The minimum Gasteiger partial charge on any atom is -0.550 e. The van der Waals surface area contributed by atoms with Crippen LogP contribution in [0.1, 0.15) is 143 Å². The van der Waals surface area contributed by atoms with Gasteiger partial charge in [0, 0.05) is 18.8 Å². The van der Waals surface area contributed by atoms with Crippen molar-refractivity contribution in [2.45, 2.75) is 149 Å². The second-order valence-electron chi connectivity index (χ2n) is 8.38. The summed E-state index contributed by atoms with van der Waals surface area (Å²) in [5.41, 5.74) is 2.10. The first-order valence-corrected chi connectivity index (χ1v) is 12.7. The second-order valence-corrected chi connectivity index (χ2v) is 8.38. The van der Waals surface area contributed by atoms with Gasteiger partial charge in [-0.05, 0) is 19.3 Å². The van der Waals surface area contributed by atoms with Gasteiger partial charge in [-0.2, -0.15) is 5.48 Å². The lowest BCUT2D eigenvalue weighted by Crippen LogP contribution is -2.88. The van der Waals surface area contributed by atoms with Crippen LogP contribution < -0.4 is 10.6 Å². The van der Waals surface area contributed by atoms with Gasteiger partial charge in [-0.25, -0.2) is 4.84 Å². The minimum atomic E-state index is -0.995. The molecule has 0 aliphatic rings. The maximum absolute atomic E-state index is 9.26. The molecule has 0 saturated carbocycles. The average Bonchev–Trinajstić information content (AvgIpc) is 2.72. The Balaban J connectivity index is 0. The first-order valence-electron chi connectivity index (χ1n) is 12.7. The molecule has 0 aromatic heterocycles. The third-order valence-electron chi connectivity index (χ3n) is 5.47. The molecule has 0 bridgehead atoms. The van der Waals surface area contributed by atoms with Gasteiger partial charge in [-0.1, -0.05) is 111 Å². The van der Waals surface area contributed by atoms with Gasteiger partial charge in [0.15, 0.2) is 0 Å². The number of aliphatic carboxylic acids is 1. The summed E-state index contributed by atoms with van der Waals surface area (Å²) >= 11 is 0. The van der Waals surface area contributed by atoms with Crippen LogP contribution in [-0.4, -0.2) is 19.1 Å². The highest BCUT2D eigenvalue weighted by Gasteiger charge is 2.11. The number of hydrogen-bond acceptors (Lipinski definition) is 3. The molecule has 4 nitrogen and oxygen atoms in total. The van der Waals surface area contributed by atoms with E-state index in [2.05, 4.69) is 19.3 Å². The van der Waals surface area contributed by atoms with E-state index < -0.39 is 5.97 Å². The van der Waals surface area contributed by atoms with E-state index in [4.69, 9.17) is 4.84 Å². The molecule has 0 fully saturated rings. The van der Waals surface area contributed by atoms with E-state index in [1.54, 1.807) is 0 Å². The first-order chi connectivity index (χ1) is 14.1. The van der Waals surface area contributed by atoms with E-state index in [-0.39, 0.29) is 6.42 Å². The number of carbonyl (C=O) groups excluding carboxylic acids is 1. The number of unbranched alkanes of at least 4 members (excludes halogenated alkanes) is 14. The highest BCUT2D eigenvalue weighted by atomic mass is 16.6. The molecule has 0 spiro atoms. The standard InChI is InChI=1S/C22H47NO.C3H6O2/c1-4-6-8-10-12-14-16-18-20-22(23-24-3)21-19-17-15-13-11-9-7-5-2;1-2-3(4)5/h22-23H,4-21H2,1-3H3;2H2,1H3,(H,4,5). The highest BCUT2D eigenvalue weighted by molar-refractivity contribution is 5.63. The smallest absolute Gasteiger partial charge is 0.115 e. The van der Waals surface area contributed by atoms with E-state index >= 15 is 0 Å². The molecular formula is C25H53NO3. The molecule has 0 heterocycles. The molecule has 0 aliphatic carbocycles. The summed E-state index contributed by atoms with van der Waals surface area (Å²) in [6.07, 6.45) is 25.4.